The van der Waals surface area contributed by atoms with Gasteiger partial charge in [0.15, 0.2) is 0 Å². The quantitative estimate of drug-likeness (QED) is 0.854. The summed E-state index contributed by atoms with van der Waals surface area (Å²) in [4.78, 5) is 11.2. The van der Waals surface area contributed by atoms with Crippen LogP contribution in [0.2, 0.25) is 5.02 Å². The molecule has 1 atom stereocenters. The van der Waals surface area contributed by atoms with Crippen molar-refractivity contribution >= 4 is 17.6 Å². The van der Waals surface area contributed by atoms with Gasteiger partial charge in [-0.25, -0.2) is 0 Å². The molecule has 0 bridgehead atoms. The monoisotopic (exact) mass is 241 g/mol. The highest BCUT2D eigenvalue weighted by atomic mass is 35.5. The van der Waals surface area contributed by atoms with Crippen molar-refractivity contribution in [3.8, 4) is 0 Å². The molecule has 4 heteroatoms. The average Bonchev–Trinajstić information content (AvgIpc) is 2.17. The fourth-order valence-corrected chi connectivity index (χ4v) is 1.63. The molecule has 0 saturated carbocycles. The molecule has 0 saturated heterocycles. The zero-order valence-electron chi connectivity index (χ0n) is 9.62. The van der Waals surface area contributed by atoms with E-state index < -0.39 is 16.9 Å². The topological polar surface area (TPSA) is 63.3 Å². The van der Waals surface area contributed by atoms with E-state index in [2.05, 4.69) is 0 Å². The molecule has 1 aromatic carbocycles. The van der Waals surface area contributed by atoms with E-state index >= 15 is 0 Å². The Balaban J connectivity index is 3.26. The van der Waals surface area contributed by atoms with Gasteiger partial charge in [-0.2, -0.15) is 0 Å². The minimum Gasteiger partial charge on any atom is -0.480 e. The SMILES string of the molecule is CC(N)(C(=O)O)C(C)(C)c1cccc(Cl)c1. The zero-order valence-corrected chi connectivity index (χ0v) is 10.4. The van der Waals surface area contributed by atoms with Crippen molar-refractivity contribution in [1.29, 1.82) is 0 Å². The Labute approximate surface area is 100 Å². The van der Waals surface area contributed by atoms with Crippen LogP contribution >= 0.6 is 11.6 Å². The minimum atomic E-state index is -1.35. The van der Waals surface area contributed by atoms with Gasteiger partial charge in [0.2, 0.25) is 0 Å². The van der Waals surface area contributed by atoms with Gasteiger partial charge in [0.1, 0.15) is 5.54 Å². The number of halogens is 1. The highest BCUT2D eigenvalue weighted by Crippen LogP contribution is 2.34. The highest BCUT2D eigenvalue weighted by molar-refractivity contribution is 6.30. The molecule has 0 amide bonds. The van der Waals surface area contributed by atoms with E-state index in [1.54, 1.807) is 32.0 Å². The predicted octanol–water partition coefficient (Wildman–Crippen LogP) is 2.42. The molecule has 0 aromatic heterocycles. The summed E-state index contributed by atoms with van der Waals surface area (Å²) in [6.07, 6.45) is 0. The molecule has 1 unspecified atom stereocenters. The number of rotatable bonds is 3. The van der Waals surface area contributed by atoms with Crippen LogP contribution in [0.5, 0.6) is 0 Å². The van der Waals surface area contributed by atoms with E-state index in [0.717, 1.165) is 5.56 Å². The molecule has 1 rings (SSSR count). The van der Waals surface area contributed by atoms with Gasteiger partial charge in [0.05, 0.1) is 0 Å². The van der Waals surface area contributed by atoms with Crippen molar-refractivity contribution in [1.82, 2.24) is 0 Å². The molecule has 0 fully saturated rings. The smallest absolute Gasteiger partial charge is 0.324 e. The largest absolute Gasteiger partial charge is 0.480 e. The lowest BCUT2D eigenvalue weighted by Gasteiger charge is -2.38. The third kappa shape index (κ3) is 2.06. The fourth-order valence-electron chi connectivity index (χ4n) is 1.44. The second-order valence-electron chi connectivity index (χ2n) is 4.64. The Morgan fingerprint density at radius 1 is 1.38 bits per heavy atom. The standard InChI is InChI=1S/C12H16ClNO2/c1-11(2,12(3,14)10(15)16)8-5-4-6-9(13)7-8/h4-7H,14H2,1-3H3,(H,15,16). The van der Waals surface area contributed by atoms with Crippen molar-refractivity contribution in [3.63, 3.8) is 0 Å². The van der Waals surface area contributed by atoms with Crippen LogP contribution in [0.3, 0.4) is 0 Å². The molecule has 3 nitrogen and oxygen atoms in total. The molecule has 88 valence electrons. The van der Waals surface area contributed by atoms with Crippen LogP contribution < -0.4 is 5.73 Å². The Hall–Kier alpha value is -1.06. The number of aliphatic carboxylic acids is 1. The number of hydrogen-bond acceptors (Lipinski definition) is 2. The summed E-state index contributed by atoms with van der Waals surface area (Å²) < 4.78 is 0. The summed E-state index contributed by atoms with van der Waals surface area (Å²) >= 11 is 5.89. The number of nitrogens with two attached hydrogens (primary N) is 1. The summed E-state index contributed by atoms with van der Waals surface area (Å²) in [7, 11) is 0. The van der Waals surface area contributed by atoms with Crippen LogP contribution in [0.15, 0.2) is 24.3 Å². The van der Waals surface area contributed by atoms with Crippen LogP contribution in [0.25, 0.3) is 0 Å². The average molecular weight is 242 g/mol. The molecule has 0 spiro atoms. The summed E-state index contributed by atoms with van der Waals surface area (Å²) in [5.41, 5.74) is 4.64. The van der Waals surface area contributed by atoms with Gasteiger partial charge in [-0.05, 0) is 24.6 Å². The molecular weight excluding hydrogens is 226 g/mol. The second-order valence-corrected chi connectivity index (χ2v) is 5.08. The Morgan fingerprint density at radius 2 is 1.94 bits per heavy atom. The number of hydrogen-bond donors (Lipinski definition) is 2. The van der Waals surface area contributed by atoms with Gasteiger partial charge in [0, 0.05) is 10.4 Å². The van der Waals surface area contributed by atoms with Crippen molar-refractivity contribution in [2.75, 3.05) is 0 Å². The molecule has 0 radical (unpaired) electrons. The van der Waals surface area contributed by atoms with Crippen molar-refractivity contribution in [2.24, 2.45) is 5.73 Å². The molecular formula is C12H16ClNO2. The lowest BCUT2D eigenvalue weighted by molar-refractivity contribution is -0.145. The zero-order chi connectivity index (χ0) is 12.6. The molecule has 16 heavy (non-hydrogen) atoms. The van der Waals surface area contributed by atoms with Crippen LogP contribution in [0.4, 0.5) is 0 Å². The van der Waals surface area contributed by atoms with Crippen molar-refractivity contribution in [3.05, 3.63) is 34.9 Å². The van der Waals surface area contributed by atoms with Gasteiger partial charge in [-0.15, -0.1) is 0 Å². The molecule has 0 aliphatic rings. The van der Waals surface area contributed by atoms with Crippen LogP contribution in [0.1, 0.15) is 26.3 Å². The van der Waals surface area contributed by atoms with E-state index in [1.807, 2.05) is 6.07 Å². The Bertz CT molecular complexity index is 413. The van der Waals surface area contributed by atoms with Gasteiger partial charge in [-0.1, -0.05) is 37.6 Å². The first-order valence-electron chi connectivity index (χ1n) is 4.98. The van der Waals surface area contributed by atoms with Gasteiger partial charge >= 0.3 is 5.97 Å². The Kier molecular flexibility index (Phi) is 3.31. The maximum absolute atomic E-state index is 11.2. The Morgan fingerprint density at radius 3 is 2.38 bits per heavy atom. The molecule has 1 aromatic rings. The first-order valence-corrected chi connectivity index (χ1v) is 5.35. The first kappa shape index (κ1) is 13.0. The lowest BCUT2D eigenvalue weighted by atomic mass is 9.69. The van der Waals surface area contributed by atoms with E-state index in [4.69, 9.17) is 22.4 Å². The highest BCUT2D eigenvalue weighted by Gasteiger charge is 2.45. The van der Waals surface area contributed by atoms with Crippen molar-refractivity contribution < 1.29 is 9.90 Å². The summed E-state index contributed by atoms with van der Waals surface area (Å²) in [6, 6.07) is 7.11. The second kappa shape index (κ2) is 4.07. The van der Waals surface area contributed by atoms with E-state index in [9.17, 15) is 4.79 Å². The third-order valence-electron chi connectivity index (χ3n) is 3.29. The van der Waals surface area contributed by atoms with E-state index in [0.29, 0.717) is 5.02 Å². The molecule has 0 aliphatic carbocycles. The summed E-state index contributed by atoms with van der Waals surface area (Å²) in [5, 5.41) is 9.73. The van der Waals surface area contributed by atoms with Gasteiger partial charge in [0.25, 0.3) is 0 Å². The van der Waals surface area contributed by atoms with Crippen molar-refractivity contribution in [2.45, 2.75) is 31.7 Å². The first-order chi connectivity index (χ1) is 7.19. The predicted molar refractivity (Wildman–Crippen MR) is 64.7 cm³/mol. The van der Waals surface area contributed by atoms with Gasteiger partial charge < -0.3 is 10.8 Å². The van der Waals surface area contributed by atoms with E-state index in [1.165, 1.54) is 6.92 Å². The number of carbonyl (C=O) groups is 1. The fraction of sp³-hybridized carbons (Fsp3) is 0.417. The maximum Gasteiger partial charge on any atom is 0.324 e. The third-order valence-corrected chi connectivity index (χ3v) is 3.52. The summed E-state index contributed by atoms with van der Waals surface area (Å²) in [6.45, 7) is 5.11. The molecule has 0 heterocycles. The maximum atomic E-state index is 11.2. The number of benzene rings is 1. The minimum absolute atomic E-state index is 0.576. The lowest BCUT2D eigenvalue weighted by Crippen LogP contribution is -2.58. The van der Waals surface area contributed by atoms with Crippen LogP contribution in [0, 0.1) is 0 Å². The molecule has 3 N–H and O–H groups in total. The summed E-state index contributed by atoms with van der Waals surface area (Å²) in [5.74, 6) is -1.03. The van der Waals surface area contributed by atoms with Gasteiger partial charge in [-0.3, -0.25) is 4.79 Å². The number of carboxylic acids is 1. The molecule has 0 aliphatic heterocycles. The number of carboxylic acid groups (broad SMARTS) is 1. The van der Waals surface area contributed by atoms with Crippen LogP contribution in [-0.4, -0.2) is 16.6 Å². The normalized spacial score (nSPS) is 15.6. The van der Waals surface area contributed by atoms with E-state index in [-0.39, 0.29) is 0 Å². The van der Waals surface area contributed by atoms with Crippen LogP contribution in [-0.2, 0) is 10.2 Å².